The lowest BCUT2D eigenvalue weighted by Crippen LogP contribution is -2.08. The molecule has 4 rings (SSSR count). The Morgan fingerprint density at radius 1 is 0.760 bits per heavy atom. The molecule has 2 aromatic carbocycles. The highest BCUT2D eigenvalue weighted by Crippen LogP contribution is 2.32. The van der Waals surface area contributed by atoms with E-state index in [1.165, 1.54) is 6.42 Å². The topological polar surface area (TPSA) is 25.8 Å². The number of rotatable bonds is 3. The summed E-state index contributed by atoms with van der Waals surface area (Å²) in [6.45, 7) is 2.28. The summed E-state index contributed by atoms with van der Waals surface area (Å²) in [6, 6.07) is 22.8. The SMILES string of the molecule is CC1C=CC(c2cc(-c3ccccc3)nc(-c3ccccc3)n2)CC1. The molecule has 2 nitrogen and oxygen atoms in total. The molecule has 0 radical (unpaired) electrons. The molecule has 3 aromatic rings. The zero-order chi connectivity index (χ0) is 17.1. The van der Waals surface area contributed by atoms with E-state index in [0.29, 0.717) is 11.8 Å². The van der Waals surface area contributed by atoms with Crippen LogP contribution in [0.15, 0.2) is 78.9 Å². The van der Waals surface area contributed by atoms with E-state index in [1.807, 2.05) is 24.3 Å². The van der Waals surface area contributed by atoms with Gasteiger partial charge >= 0.3 is 0 Å². The molecule has 0 fully saturated rings. The van der Waals surface area contributed by atoms with Gasteiger partial charge in [-0.05, 0) is 24.8 Å². The Kier molecular flexibility index (Phi) is 4.43. The second-order valence-corrected chi connectivity index (χ2v) is 6.78. The van der Waals surface area contributed by atoms with Crippen LogP contribution in [0.3, 0.4) is 0 Å². The van der Waals surface area contributed by atoms with Gasteiger partial charge in [-0.2, -0.15) is 0 Å². The molecule has 2 heteroatoms. The van der Waals surface area contributed by atoms with Gasteiger partial charge in [0.25, 0.3) is 0 Å². The lowest BCUT2D eigenvalue weighted by Gasteiger charge is -2.21. The third-order valence-electron chi connectivity index (χ3n) is 4.83. The molecule has 0 saturated heterocycles. The van der Waals surface area contributed by atoms with Crippen LogP contribution < -0.4 is 0 Å². The second-order valence-electron chi connectivity index (χ2n) is 6.78. The molecule has 0 saturated carbocycles. The summed E-state index contributed by atoms with van der Waals surface area (Å²) in [5.41, 5.74) is 4.32. The molecule has 0 spiro atoms. The maximum absolute atomic E-state index is 4.92. The molecule has 0 N–H and O–H groups in total. The van der Waals surface area contributed by atoms with Gasteiger partial charge in [-0.25, -0.2) is 9.97 Å². The Morgan fingerprint density at radius 3 is 2.08 bits per heavy atom. The van der Waals surface area contributed by atoms with Gasteiger partial charge in [0.15, 0.2) is 5.82 Å². The van der Waals surface area contributed by atoms with E-state index >= 15 is 0 Å². The maximum atomic E-state index is 4.92. The third kappa shape index (κ3) is 3.53. The van der Waals surface area contributed by atoms with Crippen LogP contribution in [0.1, 0.15) is 31.4 Å². The molecule has 1 aliphatic rings. The van der Waals surface area contributed by atoms with E-state index < -0.39 is 0 Å². The minimum absolute atomic E-state index is 0.379. The van der Waals surface area contributed by atoms with Crippen LogP contribution in [-0.2, 0) is 0 Å². The van der Waals surface area contributed by atoms with Crippen molar-refractivity contribution in [3.63, 3.8) is 0 Å². The van der Waals surface area contributed by atoms with Crippen molar-refractivity contribution in [2.24, 2.45) is 5.92 Å². The molecule has 1 heterocycles. The quantitative estimate of drug-likeness (QED) is 0.562. The minimum atomic E-state index is 0.379. The predicted molar refractivity (Wildman–Crippen MR) is 103 cm³/mol. The van der Waals surface area contributed by atoms with Crippen molar-refractivity contribution in [3.8, 4) is 22.6 Å². The first kappa shape index (κ1) is 15.8. The van der Waals surface area contributed by atoms with Gasteiger partial charge in [-0.1, -0.05) is 79.7 Å². The van der Waals surface area contributed by atoms with E-state index in [-0.39, 0.29) is 0 Å². The Morgan fingerprint density at radius 2 is 1.44 bits per heavy atom. The summed E-state index contributed by atoms with van der Waals surface area (Å²) < 4.78 is 0. The smallest absolute Gasteiger partial charge is 0.160 e. The number of hydrogen-bond donors (Lipinski definition) is 0. The van der Waals surface area contributed by atoms with Crippen LogP contribution in [0, 0.1) is 5.92 Å². The summed E-state index contributed by atoms with van der Waals surface area (Å²) in [4.78, 5) is 9.76. The van der Waals surface area contributed by atoms with Crippen molar-refractivity contribution >= 4 is 0 Å². The van der Waals surface area contributed by atoms with Gasteiger partial charge in [0.1, 0.15) is 0 Å². The van der Waals surface area contributed by atoms with Crippen LogP contribution in [-0.4, -0.2) is 9.97 Å². The number of allylic oxidation sites excluding steroid dienone is 2. The zero-order valence-corrected chi connectivity index (χ0v) is 14.5. The maximum Gasteiger partial charge on any atom is 0.160 e. The molecule has 2 unspecified atom stereocenters. The second kappa shape index (κ2) is 7.02. The Balaban J connectivity index is 1.82. The molecule has 0 amide bonds. The van der Waals surface area contributed by atoms with E-state index in [4.69, 9.17) is 9.97 Å². The first-order chi connectivity index (χ1) is 12.3. The summed E-state index contributed by atoms with van der Waals surface area (Å²) in [6.07, 6.45) is 7.00. The van der Waals surface area contributed by atoms with E-state index in [9.17, 15) is 0 Å². The van der Waals surface area contributed by atoms with Crippen molar-refractivity contribution in [1.82, 2.24) is 9.97 Å². The first-order valence-corrected chi connectivity index (χ1v) is 8.98. The summed E-state index contributed by atoms with van der Waals surface area (Å²) >= 11 is 0. The molecule has 25 heavy (non-hydrogen) atoms. The average Bonchev–Trinajstić information content (AvgIpc) is 2.69. The molecule has 0 aliphatic heterocycles. The van der Waals surface area contributed by atoms with Crippen LogP contribution in [0.2, 0.25) is 0 Å². The van der Waals surface area contributed by atoms with Gasteiger partial charge in [-0.15, -0.1) is 0 Å². The van der Waals surface area contributed by atoms with Gasteiger partial charge in [-0.3, -0.25) is 0 Å². The van der Waals surface area contributed by atoms with E-state index in [0.717, 1.165) is 34.8 Å². The third-order valence-corrected chi connectivity index (χ3v) is 4.83. The summed E-state index contributed by atoms with van der Waals surface area (Å²) in [5, 5.41) is 0. The van der Waals surface area contributed by atoms with Crippen LogP contribution >= 0.6 is 0 Å². The van der Waals surface area contributed by atoms with Gasteiger partial charge in [0.2, 0.25) is 0 Å². The molecular weight excluding hydrogens is 304 g/mol. The Hall–Kier alpha value is -2.74. The monoisotopic (exact) mass is 326 g/mol. The molecular formula is C23H22N2. The number of benzene rings is 2. The Bertz CT molecular complexity index is 811. The highest BCUT2D eigenvalue weighted by molar-refractivity contribution is 5.64. The molecule has 124 valence electrons. The van der Waals surface area contributed by atoms with Gasteiger partial charge in [0, 0.05) is 17.0 Å². The van der Waals surface area contributed by atoms with E-state index in [1.54, 1.807) is 0 Å². The van der Waals surface area contributed by atoms with Gasteiger partial charge < -0.3 is 0 Å². The lowest BCUT2D eigenvalue weighted by atomic mass is 9.87. The standard InChI is InChI=1S/C23H22N2/c1-17-12-14-19(15-13-17)22-16-21(18-8-4-2-5-9-18)24-23(25-22)20-10-6-3-7-11-20/h2-12,14,16-17,19H,13,15H2,1H3. The minimum Gasteiger partial charge on any atom is -0.232 e. The van der Waals surface area contributed by atoms with Crippen LogP contribution in [0.25, 0.3) is 22.6 Å². The van der Waals surface area contributed by atoms with Crippen molar-refractivity contribution in [1.29, 1.82) is 0 Å². The number of nitrogens with zero attached hydrogens (tertiary/aromatic N) is 2. The highest BCUT2D eigenvalue weighted by atomic mass is 14.9. The van der Waals surface area contributed by atoms with Crippen molar-refractivity contribution < 1.29 is 0 Å². The van der Waals surface area contributed by atoms with Crippen molar-refractivity contribution in [2.75, 3.05) is 0 Å². The highest BCUT2D eigenvalue weighted by Gasteiger charge is 2.18. The lowest BCUT2D eigenvalue weighted by molar-refractivity contribution is 0.539. The van der Waals surface area contributed by atoms with E-state index in [2.05, 4.69) is 61.5 Å². The molecule has 1 aliphatic carbocycles. The van der Waals surface area contributed by atoms with Gasteiger partial charge in [0.05, 0.1) is 11.4 Å². The molecule has 0 bridgehead atoms. The fourth-order valence-electron chi connectivity index (χ4n) is 3.33. The summed E-state index contributed by atoms with van der Waals surface area (Å²) in [7, 11) is 0. The largest absolute Gasteiger partial charge is 0.232 e. The molecule has 1 aromatic heterocycles. The summed E-state index contributed by atoms with van der Waals surface area (Å²) in [5.74, 6) is 1.85. The molecule has 2 atom stereocenters. The predicted octanol–water partition coefficient (Wildman–Crippen LogP) is 5.88. The fraction of sp³-hybridized carbons (Fsp3) is 0.217. The number of hydrogen-bond acceptors (Lipinski definition) is 2. The van der Waals surface area contributed by atoms with Crippen molar-refractivity contribution in [3.05, 3.63) is 84.6 Å². The zero-order valence-electron chi connectivity index (χ0n) is 14.5. The van der Waals surface area contributed by atoms with Crippen LogP contribution in [0.4, 0.5) is 0 Å². The average molecular weight is 326 g/mol. The Labute approximate surface area is 149 Å². The fourth-order valence-corrected chi connectivity index (χ4v) is 3.33. The number of aromatic nitrogens is 2. The first-order valence-electron chi connectivity index (χ1n) is 8.98. The van der Waals surface area contributed by atoms with Crippen molar-refractivity contribution in [2.45, 2.75) is 25.7 Å². The van der Waals surface area contributed by atoms with Crippen LogP contribution in [0.5, 0.6) is 0 Å². The normalized spacial score (nSPS) is 19.7.